The van der Waals surface area contributed by atoms with Gasteiger partial charge in [-0.2, -0.15) is 0 Å². The van der Waals surface area contributed by atoms with Gasteiger partial charge >= 0.3 is 0 Å². The number of hydrogen-bond donors (Lipinski definition) is 0. The third kappa shape index (κ3) is 2.94. The highest BCUT2D eigenvalue weighted by Gasteiger charge is 2.67. The van der Waals surface area contributed by atoms with Crippen LogP contribution in [-0.4, -0.2) is 66.2 Å². The standard InChI is InChI=1S/C22H25FN2O4/c1-28-16-4-2-3-14(11-16)12-25-13-22-8-5-17(29-22)18(19(22)21(25)27)20(26)24-9-6-15(23)7-10-24/h2-5,8,11,15,17-19H,6-7,9-10,12-13H2,1H3/t17-,18+,19+,22-/m0/s1. The molecule has 0 N–H and O–H groups in total. The monoisotopic (exact) mass is 400 g/mol. The van der Waals surface area contributed by atoms with E-state index in [2.05, 4.69) is 0 Å². The van der Waals surface area contributed by atoms with Crippen molar-refractivity contribution in [1.29, 1.82) is 0 Å². The van der Waals surface area contributed by atoms with Gasteiger partial charge in [0.15, 0.2) is 0 Å². The summed E-state index contributed by atoms with van der Waals surface area (Å²) < 4.78 is 25.0. The molecule has 0 unspecified atom stereocenters. The molecule has 154 valence electrons. The lowest BCUT2D eigenvalue weighted by Crippen LogP contribution is -2.48. The van der Waals surface area contributed by atoms with Crippen LogP contribution in [0, 0.1) is 11.8 Å². The molecule has 4 aliphatic rings. The zero-order chi connectivity index (χ0) is 20.2. The fourth-order valence-electron chi connectivity index (χ4n) is 5.26. The van der Waals surface area contributed by atoms with Crippen LogP contribution in [-0.2, 0) is 20.9 Å². The van der Waals surface area contributed by atoms with E-state index in [0.29, 0.717) is 39.0 Å². The van der Waals surface area contributed by atoms with E-state index in [4.69, 9.17) is 9.47 Å². The molecule has 1 aromatic carbocycles. The Hall–Kier alpha value is -2.41. The van der Waals surface area contributed by atoms with E-state index in [9.17, 15) is 14.0 Å². The molecule has 3 saturated heterocycles. The maximum atomic E-state index is 13.5. The average Bonchev–Trinajstić information content (AvgIpc) is 3.36. The van der Waals surface area contributed by atoms with E-state index < -0.39 is 23.6 Å². The first-order chi connectivity index (χ1) is 14.0. The molecule has 7 heteroatoms. The van der Waals surface area contributed by atoms with Crippen LogP contribution in [0.3, 0.4) is 0 Å². The van der Waals surface area contributed by atoms with Gasteiger partial charge in [-0.05, 0) is 30.5 Å². The maximum absolute atomic E-state index is 13.5. The highest BCUT2D eigenvalue weighted by atomic mass is 19.1. The molecule has 0 aliphatic carbocycles. The van der Waals surface area contributed by atoms with Crippen LogP contribution in [0.2, 0.25) is 0 Å². The van der Waals surface area contributed by atoms with Gasteiger partial charge in [-0.1, -0.05) is 24.3 Å². The first kappa shape index (κ1) is 18.6. The second-order valence-electron chi connectivity index (χ2n) is 8.45. The van der Waals surface area contributed by atoms with Gasteiger partial charge in [-0.15, -0.1) is 0 Å². The number of methoxy groups -OCH3 is 1. The zero-order valence-corrected chi connectivity index (χ0v) is 16.4. The third-order valence-electron chi connectivity index (χ3n) is 6.71. The van der Waals surface area contributed by atoms with E-state index in [1.165, 1.54) is 0 Å². The summed E-state index contributed by atoms with van der Waals surface area (Å²) in [5.74, 6) is -0.389. The number of likely N-dealkylation sites (tertiary alicyclic amines) is 2. The quantitative estimate of drug-likeness (QED) is 0.725. The van der Waals surface area contributed by atoms with Crippen LogP contribution in [0.15, 0.2) is 36.4 Å². The second kappa shape index (κ2) is 6.83. The molecule has 3 fully saturated rings. The number of ether oxygens (including phenoxy) is 2. The van der Waals surface area contributed by atoms with Crippen LogP contribution in [0.4, 0.5) is 4.39 Å². The van der Waals surface area contributed by atoms with E-state index in [1.807, 2.05) is 36.4 Å². The molecule has 2 amide bonds. The Bertz CT molecular complexity index is 866. The molecule has 0 aromatic heterocycles. The molecule has 0 saturated carbocycles. The normalized spacial score (nSPS) is 33.4. The van der Waals surface area contributed by atoms with Gasteiger partial charge in [0.2, 0.25) is 11.8 Å². The van der Waals surface area contributed by atoms with E-state index in [1.54, 1.807) is 16.9 Å². The second-order valence-corrected chi connectivity index (χ2v) is 8.45. The van der Waals surface area contributed by atoms with E-state index >= 15 is 0 Å². The number of halogens is 1. The smallest absolute Gasteiger partial charge is 0.230 e. The lowest BCUT2D eigenvalue weighted by atomic mass is 9.76. The van der Waals surface area contributed by atoms with Crippen molar-refractivity contribution < 1.29 is 23.5 Å². The number of rotatable bonds is 4. The van der Waals surface area contributed by atoms with Gasteiger partial charge in [0.25, 0.3) is 0 Å². The highest BCUT2D eigenvalue weighted by Crippen LogP contribution is 2.52. The van der Waals surface area contributed by atoms with Crippen molar-refractivity contribution >= 4 is 11.8 Å². The van der Waals surface area contributed by atoms with Gasteiger partial charge in [-0.25, -0.2) is 4.39 Å². The topological polar surface area (TPSA) is 59.1 Å². The molecule has 0 radical (unpaired) electrons. The van der Waals surface area contributed by atoms with Crippen molar-refractivity contribution in [3.63, 3.8) is 0 Å². The van der Waals surface area contributed by atoms with Crippen LogP contribution >= 0.6 is 0 Å². The van der Waals surface area contributed by atoms with Crippen LogP contribution < -0.4 is 4.74 Å². The van der Waals surface area contributed by atoms with Gasteiger partial charge < -0.3 is 19.3 Å². The minimum Gasteiger partial charge on any atom is -0.497 e. The van der Waals surface area contributed by atoms with E-state index in [-0.39, 0.29) is 17.9 Å². The van der Waals surface area contributed by atoms with Gasteiger partial charge in [0, 0.05) is 19.6 Å². The molecule has 5 rings (SSSR count). The van der Waals surface area contributed by atoms with Crippen LogP contribution in [0.25, 0.3) is 0 Å². The van der Waals surface area contributed by atoms with Crippen molar-refractivity contribution in [2.24, 2.45) is 11.8 Å². The number of fused-ring (bicyclic) bond motifs is 1. The first-order valence-corrected chi connectivity index (χ1v) is 10.2. The maximum Gasteiger partial charge on any atom is 0.230 e. The molecule has 1 aromatic rings. The van der Waals surface area contributed by atoms with Crippen molar-refractivity contribution in [1.82, 2.24) is 9.80 Å². The number of amides is 2. The summed E-state index contributed by atoms with van der Waals surface area (Å²) >= 11 is 0. The van der Waals surface area contributed by atoms with Crippen molar-refractivity contribution in [2.45, 2.75) is 37.3 Å². The van der Waals surface area contributed by atoms with Crippen LogP contribution in [0.1, 0.15) is 18.4 Å². The van der Waals surface area contributed by atoms with Gasteiger partial charge in [0.1, 0.15) is 17.5 Å². The predicted octanol–water partition coefficient (Wildman–Crippen LogP) is 1.94. The predicted molar refractivity (Wildman–Crippen MR) is 103 cm³/mol. The Morgan fingerprint density at radius 2 is 2.14 bits per heavy atom. The summed E-state index contributed by atoms with van der Waals surface area (Å²) in [4.78, 5) is 30.1. The summed E-state index contributed by atoms with van der Waals surface area (Å²) in [6.07, 6.45) is 3.41. The van der Waals surface area contributed by atoms with E-state index in [0.717, 1.165) is 11.3 Å². The molecular formula is C22H25FN2O4. The Morgan fingerprint density at radius 3 is 2.90 bits per heavy atom. The van der Waals surface area contributed by atoms with Crippen LogP contribution in [0.5, 0.6) is 5.75 Å². The molecule has 4 aliphatic heterocycles. The fourth-order valence-corrected chi connectivity index (χ4v) is 5.26. The van der Waals surface area contributed by atoms with Crippen molar-refractivity contribution in [3.8, 4) is 5.75 Å². The summed E-state index contributed by atoms with van der Waals surface area (Å²) in [5, 5.41) is 0. The molecular weight excluding hydrogens is 375 g/mol. The lowest BCUT2D eigenvalue weighted by molar-refractivity contribution is -0.144. The number of benzene rings is 1. The lowest BCUT2D eigenvalue weighted by Gasteiger charge is -2.33. The third-order valence-corrected chi connectivity index (χ3v) is 6.71. The number of nitrogens with zero attached hydrogens (tertiary/aromatic N) is 2. The Morgan fingerprint density at radius 1 is 1.34 bits per heavy atom. The number of piperidine rings is 1. The molecule has 29 heavy (non-hydrogen) atoms. The molecule has 1 spiro atoms. The zero-order valence-electron chi connectivity index (χ0n) is 16.4. The number of carbonyl (C=O) groups excluding carboxylic acids is 2. The fraction of sp³-hybridized carbons (Fsp3) is 0.545. The Labute approximate surface area is 169 Å². The first-order valence-electron chi connectivity index (χ1n) is 10.2. The number of carbonyl (C=O) groups is 2. The summed E-state index contributed by atoms with van der Waals surface area (Å²) in [5.41, 5.74) is 0.250. The molecule has 6 nitrogen and oxygen atoms in total. The molecule has 4 atom stereocenters. The summed E-state index contributed by atoms with van der Waals surface area (Å²) in [6.45, 7) is 1.71. The summed E-state index contributed by atoms with van der Waals surface area (Å²) in [7, 11) is 1.61. The SMILES string of the molecule is COc1cccc(CN2C[C@]34C=C[C@H](O3)[C@@H](C(=O)N3CCC(F)CC3)[C@@H]4C2=O)c1. The Balaban J connectivity index is 1.36. The van der Waals surface area contributed by atoms with Gasteiger partial charge in [0.05, 0.1) is 31.6 Å². The molecule has 2 bridgehead atoms. The van der Waals surface area contributed by atoms with Gasteiger partial charge in [-0.3, -0.25) is 9.59 Å². The average molecular weight is 400 g/mol. The number of alkyl halides is 1. The minimum absolute atomic E-state index is 0.0432. The largest absolute Gasteiger partial charge is 0.497 e. The minimum atomic E-state index is -0.840. The molecule has 4 heterocycles. The number of hydrogen-bond acceptors (Lipinski definition) is 4. The summed E-state index contributed by atoms with van der Waals surface area (Å²) in [6, 6.07) is 7.64. The van der Waals surface area contributed by atoms with Crippen molar-refractivity contribution in [3.05, 3.63) is 42.0 Å². The van der Waals surface area contributed by atoms with Crippen molar-refractivity contribution in [2.75, 3.05) is 26.7 Å². The Kier molecular flexibility index (Phi) is 4.38. The highest BCUT2D eigenvalue weighted by molar-refractivity contribution is 5.93.